The topological polar surface area (TPSA) is 266 Å². The minimum Gasteiger partial charge on any atom is -0.495 e. The fourth-order valence-corrected chi connectivity index (χ4v) is 9.63. The van der Waals surface area contributed by atoms with Gasteiger partial charge in [0.05, 0.1) is 50.9 Å². The number of hydrogen-bond donors (Lipinski definition) is 6. The molecule has 4 unspecified atom stereocenters. The summed E-state index contributed by atoms with van der Waals surface area (Å²) in [7, 11) is 10.2. The largest absolute Gasteiger partial charge is 0.495 e. The summed E-state index contributed by atoms with van der Waals surface area (Å²) in [4.78, 5) is 91.7. The number of nitrogens with one attached hydrogen (secondary N) is 4. The van der Waals surface area contributed by atoms with Crippen LogP contribution >= 0.6 is 11.6 Å². The van der Waals surface area contributed by atoms with E-state index in [0.29, 0.717) is 55.2 Å². The van der Waals surface area contributed by atoms with E-state index in [0.717, 1.165) is 40.6 Å². The van der Waals surface area contributed by atoms with E-state index >= 15 is 0 Å². The highest BCUT2D eigenvalue weighted by atomic mass is 35.5. The van der Waals surface area contributed by atoms with E-state index in [1.165, 1.54) is 23.9 Å². The molecule has 4 heterocycles. The monoisotopic (exact) mass is 1150 g/mol. The number of carbonyl (C=O) groups is 7. The van der Waals surface area contributed by atoms with Gasteiger partial charge >= 0.3 is 18.0 Å². The van der Waals surface area contributed by atoms with Crippen molar-refractivity contribution < 1.29 is 62.8 Å². The minimum absolute atomic E-state index is 0.0130. The lowest BCUT2D eigenvalue weighted by molar-refractivity contribution is -0.162. The number of carbonyl (C=O) groups excluding carboxylic acids is 5. The number of fused-ring (bicyclic) bond motifs is 6. The van der Waals surface area contributed by atoms with Gasteiger partial charge in [0.1, 0.15) is 22.9 Å². The van der Waals surface area contributed by atoms with Gasteiger partial charge < -0.3 is 54.7 Å². The van der Waals surface area contributed by atoms with E-state index < -0.39 is 29.0 Å². The molecule has 6 N–H and O–H groups in total. The number of carboxylic acid groups (broad SMARTS) is 2. The molecule has 22 nitrogen and oxygen atoms in total. The maximum Gasteiger partial charge on any atom is 0.407 e. The van der Waals surface area contributed by atoms with Gasteiger partial charge in [-0.25, -0.2) is 14.6 Å². The van der Waals surface area contributed by atoms with E-state index in [-0.39, 0.29) is 86.6 Å². The molecule has 6 atom stereocenters. The molecule has 0 radical (unpaired) electrons. The number of ether oxygens (including phenoxy) is 3. The van der Waals surface area contributed by atoms with Gasteiger partial charge in [0, 0.05) is 89.0 Å². The van der Waals surface area contributed by atoms with Crippen molar-refractivity contribution in [2.75, 3.05) is 67.1 Å². The van der Waals surface area contributed by atoms with Gasteiger partial charge in [-0.2, -0.15) is 5.06 Å². The van der Waals surface area contributed by atoms with Crippen LogP contribution in [0.4, 0.5) is 10.5 Å². The van der Waals surface area contributed by atoms with E-state index in [1.807, 2.05) is 68.5 Å². The molecule has 6 rings (SSSR count). The molecule has 2 saturated heterocycles. The van der Waals surface area contributed by atoms with Crippen LogP contribution in [-0.2, 0) is 62.6 Å². The van der Waals surface area contributed by atoms with Gasteiger partial charge in [-0.3, -0.25) is 34.2 Å². The molecule has 3 aliphatic rings. The van der Waals surface area contributed by atoms with Crippen molar-refractivity contribution in [1.82, 2.24) is 40.9 Å². The molecule has 4 bridgehead atoms. The normalized spacial score (nSPS) is 21.5. The highest BCUT2D eigenvalue weighted by molar-refractivity contribution is 6.35. The number of para-hydroxylation sites is 1. The third kappa shape index (κ3) is 20.1. The molecule has 0 aliphatic carbocycles. The van der Waals surface area contributed by atoms with Crippen LogP contribution in [0.15, 0.2) is 66.3 Å². The van der Waals surface area contributed by atoms with Crippen LogP contribution in [0.3, 0.4) is 0 Å². The Bertz CT molecular complexity index is 2730. The molecule has 0 spiro atoms. The molecular formula is C58H86ClN9O13. The number of aliphatic carboxylic acids is 2. The van der Waals surface area contributed by atoms with Crippen LogP contribution < -0.4 is 31.0 Å². The Kier molecular flexibility index (Phi) is 25.6. The Hall–Kier alpha value is -6.56. The van der Waals surface area contributed by atoms with Crippen LogP contribution in [0, 0.1) is 11.3 Å². The van der Waals surface area contributed by atoms with Gasteiger partial charge in [0.25, 0.3) is 0 Å². The second-order valence-electron chi connectivity index (χ2n) is 21.7. The molecule has 2 aromatic carbocycles. The third-order valence-electron chi connectivity index (χ3n) is 14.8. The molecule has 5 amide bonds. The molecule has 81 heavy (non-hydrogen) atoms. The zero-order chi connectivity index (χ0) is 60.4. The molecule has 2 fully saturated rings. The molecule has 1 aromatic heterocycles. The van der Waals surface area contributed by atoms with Crippen molar-refractivity contribution >= 4 is 69.9 Å². The number of rotatable bonds is 19. The van der Waals surface area contributed by atoms with Crippen LogP contribution in [0.25, 0.3) is 10.9 Å². The number of amides is 5. The number of carboxylic acids is 2. The number of aryl methyl sites for hydroxylation is 1. The number of halogens is 1. The molecule has 448 valence electrons. The van der Waals surface area contributed by atoms with Gasteiger partial charge in [-0.15, -0.1) is 0 Å². The van der Waals surface area contributed by atoms with Gasteiger partial charge in [0.2, 0.25) is 23.6 Å². The lowest BCUT2D eigenvalue weighted by Crippen LogP contribution is -2.48. The second-order valence-corrected chi connectivity index (χ2v) is 22.0. The minimum atomic E-state index is -1.07. The lowest BCUT2D eigenvalue weighted by atomic mass is 9.86. The number of nitrogens with zero attached hydrogens (tertiary/aromatic N) is 5. The van der Waals surface area contributed by atoms with Gasteiger partial charge in [-0.1, -0.05) is 81.3 Å². The Balaban J connectivity index is 0.000000324. The first-order valence-corrected chi connectivity index (χ1v) is 27.7. The lowest BCUT2D eigenvalue weighted by Gasteiger charge is -2.33. The number of epoxide rings is 1. The van der Waals surface area contributed by atoms with Crippen molar-refractivity contribution in [1.29, 1.82) is 0 Å². The van der Waals surface area contributed by atoms with Crippen LogP contribution in [0.1, 0.15) is 105 Å². The summed E-state index contributed by atoms with van der Waals surface area (Å²) in [5, 5.41) is 30.0. The third-order valence-corrected chi connectivity index (χ3v) is 15.1. The maximum absolute atomic E-state index is 13.2. The van der Waals surface area contributed by atoms with E-state index in [1.54, 1.807) is 46.9 Å². The summed E-state index contributed by atoms with van der Waals surface area (Å²) in [6.45, 7) is 13.9. The number of anilines is 1. The predicted octanol–water partition coefficient (Wildman–Crippen LogP) is 6.68. The first kappa shape index (κ1) is 66.9. The average Bonchev–Trinajstić information content (AvgIpc) is 4.02. The summed E-state index contributed by atoms with van der Waals surface area (Å²) in [5.74, 6) is -2.18. The summed E-state index contributed by atoms with van der Waals surface area (Å²) in [6.07, 6.45) is 9.32. The fourth-order valence-electron chi connectivity index (χ4n) is 9.32. The number of alkyl carbamates (subject to hydrolysis) is 1. The molecule has 0 saturated carbocycles. The Morgan fingerprint density at radius 1 is 1.05 bits per heavy atom. The molecule has 23 heteroatoms. The average molecular weight is 1150 g/mol. The number of allylic oxidation sites excluding steroid dienone is 3. The van der Waals surface area contributed by atoms with E-state index in [9.17, 15) is 33.6 Å². The smallest absolute Gasteiger partial charge is 0.407 e. The van der Waals surface area contributed by atoms with Crippen molar-refractivity contribution in [2.45, 2.75) is 143 Å². The highest BCUT2D eigenvalue weighted by Crippen LogP contribution is 2.47. The SMILES string of the molecule is CCC(=O)O.CNN(C)Cc1cc2ccccc2n1CCC(=O)NCC(=O)NCN(C)OCCC(C)(C)C(=O)N(C)[C@@H](C)C(=O)O.COc1cc2cc(c1Cl)N(C)C(=O)CCC1(C)OC1[C@H](C)C1CC(C/C=C/C=C(\C)C2)NC(=O)O1. The second kappa shape index (κ2) is 31.0. The molecule has 3 aromatic rings. The zero-order valence-electron chi connectivity index (χ0n) is 49.4. The Morgan fingerprint density at radius 3 is 2.40 bits per heavy atom. The predicted molar refractivity (Wildman–Crippen MR) is 309 cm³/mol. The number of aromatic nitrogens is 1. The maximum atomic E-state index is 13.2. The number of hydroxylamine groups is 2. The van der Waals surface area contributed by atoms with Crippen LogP contribution in [0.5, 0.6) is 5.75 Å². The number of hydrazine groups is 1. The summed E-state index contributed by atoms with van der Waals surface area (Å²) < 4.78 is 19.3. The van der Waals surface area contributed by atoms with Crippen LogP contribution in [-0.4, -0.2) is 163 Å². The van der Waals surface area contributed by atoms with Crippen molar-refractivity contribution in [2.24, 2.45) is 11.3 Å². The number of hydrogen-bond acceptors (Lipinski definition) is 14. The Labute approximate surface area is 481 Å². The quantitative estimate of drug-likeness (QED) is 0.0415. The van der Waals surface area contributed by atoms with E-state index in [4.69, 9.17) is 40.9 Å². The van der Waals surface area contributed by atoms with Crippen molar-refractivity contribution in [3.63, 3.8) is 0 Å². The Morgan fingerprint density at radius 2 is 1.74 bits per heavy atom. The van der Waals surface area contributed by atoms with Gasteiger partial charge in [-0.05, 0) is 88.7 Å². The molecular weight excluding hydrogens is 1070 g/mol. The summed E-state index contributed by atoms with van der Waals surface area (Å²) >= 11 is 6.60. The van der Waals surface area contributed by atoms with E-state index in [2.05, 4.69) is 58.0 Å². The van der Waals surface area contributed by atoms with Crippen molar-refractivity contribution in [3.05, 3.63) is 82.5 Å². The highest BCUT2D eigenvalue weighted by Gasteiger charge is 2.57. The standard InChI is InChI=1S/C28H45N7O6.C27H35ClN2O5.C3H6O2/c1-20(26(38)39)34(7)27(40)28(2,3)13-15-41-33(6)19-31-25(37)17-30-24(36)12-14-35-22(18-32(5)29-4)16-21-10-8-9-11-23(21)35;1-16-8-6-7-9-19-15-21(34-26(32)29-19)17(2)25-27(3,35-25)11-10-23(31)30(4)20-13-18(12-16)14-22(33-5)24(20)28;1-2-3(4)5/h8-11,16,20,29H,12-15,17-19H2,1-7H3,(H,30,36)(H,31,37)(H,38,39);6-8,13-14,17,19,21,25H,9-12,15H2,1-5H3,(H,29,32);2H2,1H3,(H,4,5)/b;7-6+,16-8+;/t20-;17-,19?,21?,25?,27?;/m01./s1. The summed E-state index contributed by atoms with van der Waals surface area (Å²) in [6, 6.07) is 13.1. The number of methoxy groups -OCH3 is 1. The first-order chi connectivity index (χ1) is 38.1. The molecule has 3 aliphatic heterocycles. The van der Waals surface area contributed by atoms with Crippen LogP contribution in [0.2, 0.25) is 5.02 Å². The summed E-state index contributed by atoms with van der Waals surface area (Å²) in [5.41, 5.74) is 6.75. The van der Waals surface area contributed by atoms with Crippen molar-refractivity contribution in [3.8, 4) is 5.75 Å². The number of likely N-dealkylation sites (N-methyl/N-ethyl adjacent to an activating group) is 1. The first-order valence-electron chi connectivity index (χ1n) is 27.3. The van der Waals surface area contributed by atoms with Gasteiger partial charge in [0.15, 0.2) is 0 Å². The number of benzene rings is 2. The zero-order valence-corrected chi connectivity index (χ0v) is 50.1. The fraction of sp³-hybridized carbons (Fsp3) is 0.569.